The van der Waals surface area contributed by atoms with Gasteiger partial charge < -0.3 is 10.0 Å². The van der Waals surface area contributed by atoms with Crippen LogP contribution in [0.15, 0.2) is 18.3 Å². The van der Waals surface area contributed by atoms with Gasteiger partial charge in [-0.05, 0) is 37.3 Å². The molecule has 5 nitrogen and oxygen atoms in total. The number of aromatic nitrogens is 1. The van der Waals surface area contributed by atoms with Gasteiger partial charge in [0.2, 0.25) is 0 Å². The number of carboxylic acid groups (broad SMARTS) is 1. The molecular formula is C14H18N2O3. The molecule has 102 valence electrons. The van der Waals surface area contributed by atoms with E-state index in [-0.39, 0.29) is 23.1 Å². The maximum Gasteiger partial charge on any atom is 0.354 e. The largest absolute Gasteiger partial charge is 0.477 e. The fraction of sp³-hybridized carbons (Fsp3) is 0.500. The van der Waals surface area contributed by atoms with E-state index in [1.807, 2.05) is 6.92 Å². The number of amides is 1. The van der Waals surface area contributed by atoms with Crippen molar-refractivity contribution in [2.45, 2.75) is 32.7 Å². The van der Waals surface area contributed by atoms with E-state index < -0.39 is 5.97 Å². The second-order valence-electron chi connectivity index (χ2n) is 5.48. The molecule has 1 heterocycles. The standard InChI is InChI=1S/C14H18N2O3/c1-9(14(2)5-6-14)16(3)12(17)10-4-7-15-11(8-10)13(18)19/h4,7-9H,5-6H2,1-3H3,(H,18,19). The fourth-order valence-corrected chi connectivity index (χ4v) is 2.14. The molecule has 1 fully saturated rings. The lowest BCUT2D eigenvalue weighted by Crippen LogP contribution is -2.40. The smallest absolute Gasteiger partial charge is 0.354 e. The maximum atomic E-state index is 12.3. The summed E-state index contributed by atoms with van der Waals surface area (Å²) in [6, 6.07) is 3.01. The van der Waals surface area contributed by atoms with Crippen molar-refractivity contribution in [3.63, 3.8) is 0 Å². The van der Waals surface area contributed by atoms with Crippen LogP contribution in [0.4, 0.5) is 0 Å². The Morgan fingerprint density at radius 2 is 2.11 bits per heavy atom. The topological polar surface area (TPSA) is 70.5 Å². The van der Waals surface area contributed by atoms with E-state index in [4.69, 9.17) is 5.11 Å². The summed E-state index contributed by atoms with van der Waals surface area (Å²) in [6.07, 6.45) is 3.61. The Morgan fingerprint density at radius 3 is 2.63 bits per heavy atom. The van der Waals surface area contributed by atoms with Crippen LogP contribution in [0.1, 0.15) is 47.5 Å². The Bertz CT molecular complexity index is 523. The van der Waals surface area contributed by atoms with Crippen molar-refractivity contribution in [1.82, 2.24) is 9.88 Å². The van der Waals surface area contributed by atoms with Gasteiger partial charge in [-0.1, -0.05) is 6.92 Å². The van der Waals surface area contributed by atoms with E-state index in [1.54, 1.807) is 18.0 Å². The van der Waals surface area contributed by atoms with Gasteiger partial charge >= 0.3 is 5.97 Å². The summed E-state index contributed by atoms with van der Waals surface area (Å²) < 4.78 is 0. The molecule has 1 aliphatic carbocycles. The van der Waals surface area contributed by atoms with Crippen LogP contribution in [0.25, 0.3) is 0 Å². The number of aromatic carboxylic acids is 1. The molecule has 0 saturated heterocycles. The molecule has 0 spiro atoms. The van der Waals surface area contributed by atoms with Crippen LogP contribution in [-0.2, 0) is 0 Å². The van der Waals surface area contributed by atoms with E-state index in [2.05, 4.69) is 11.9 Å². The molecule has 1 aliphatic rings. The van der Waals surface area contributed by atoms with Gasteiger partial charge in [0.15, 0.2) is 0 Å². The first-order chi connectivity index (χ1) is 8.85. The molecule has 19 heavy (non-hydrogen) atoms. The third kappa shape index (κ3) is 2.59. The highest BCUT2D eigenvalue weighted by Gasteiger charge is 2.45. The molecule has 5 heteroatoms. The van der Waals surface area contributed by atoms with E-state index in [1.165, 1.54) is 12.3 Å². The highest BCUT2D eigenvalue weighted by molar-refractivity contribution is 5.96. The van der Waals surface area contributed by atoms with Crippen molar-refractivity contribution < 1.29 is 14.7 Å². The quantitative estimate of drug-likeness (QED) is 0.901. The molecule has 1 aromatic rings. The van der Waals surface area contributed by atoms with Crippen molar-refractivity contribution in [3.8, 4) is 0 Å². The zero-order valence-electron chi connectivity index (χ0n) is 11.4. The molecule has 1 atom stereocenters. The first-order valence-corrected chi connectivity index (χ1v) is 6.32. The molecular weight excluding hydrogens is 244 g/mol. The Balaban J connectivity index is 2.19. The number of carbonyl (C=O) groups excluding carboxylic acids is 1. The second kappa shape index (κ2) is 4.64. The molecule has 1 amide bonds. The molecule has 2 rings (SSSR count). The van der Waals surface area contributed by atoms with Gasteiger partial charge in [0.25, 0.3) is 5.91 Å². The van der Waals surface area contributed by atoms with Gasteiger partial charge in [-0.15, -0.1) is 0 Å². The summed E-state index contributed by atoms with van der Waals surface area (Å²) >= 11 is 0. The number of pyridine rings is 1. The number of rotatable bonds is 4. The van der Waals surface area contributed by atoms with Gasteiger partial charge in [0, 0.05) is 24.8 Å². The average molecular weight is 262 g/mol. The fourth-order valence-electron chi connectivity index (χ4n) is 2.14. The van der Waals surface area contributed by atoms with Gasteiger partial charge in [-0.3, -0.25) is 4.79 Å². The summed E-state index contributed by atoms with van der Waals surface area (Å²) in [5.41, 5.74) is 0.461. The molecule has 1 unspecified atom stereocenters. The Hall–Kier alpha value is -1.91. The van der Waals surface area contributed by atoms with Crippen molar-refractivity contribution in [1.29, 1.82) is 0 Å². The lowest BCUT2D eigenvalue weighted by atomic mass is 9.99. The van der Waals surface area contributed by atoms with Crippen LogP contribution < -0.4 is 0 Å². The molecule has 0 radical (unpaired) electrons. The summed E-state index contributed by atoms with van der Waals surface area (Å²) in [7, 11) is 1.76. The van der Waals surface area contributed by atoms with E-state index in [0.717, 1.165) is 12.8 Å². The normalized spacial score (nSPS) is 17.6. The van der Waals surface area contributed by atoms with Crippen molar-refractivity contribution in [2.24, 2.45) is 5.41 Å². The number of carbonyl (C=O) groups is 2. The molecule has 1 N–H and O–H groups in total. The molecule has 1 aromatic heterocycles. The van der Waals surface area contributed by atoms with Crippen LogP contribution in [0.3, 0.4) is 0 Å². The van der Waals surface area contributed by atoms with E-state index in [9.17, 15) is 9.59 Å². The highest BCUT2D eigenvalue weighted by Crippen LogP contribution is 2.49. The number of nitrogens with zero attached hydrogens (tertiary/aromatic N) is 2. The summed E-state index contributed by atoms with van der Waals surface area (Å²) in [6.45, 7) is 4.20. The first-order valence-electron chi connectivity index (χ1n) is 6.32. The predicted octanol–water partition coefficient (Wildman–Crippen LogP) is 2.04. The number of carboxylic acids is 1. The van der Waals surface area contributed by atoms with Crippen LogP contribution >= 0.6 is 0 Å². The van der Waals surface area contributed by atoms with Gasteiger partial charge in [-0.2, -0.15) is 0 Å². The first kappa shape index (κ1) is 13.5. The predicted molar refractivity (Wildman–Crippen MR) is 70.1 cm³/mol. The summed E-state index contributed by atoms with van der Waals surface area (Å²) in [5.74, 6) is -1.29. The number of hydrogen-bond acceptors (Lipinski definition) is 3. The Morgan fingerprint density at radius 1 is 1.47 bits per heavy atom. The third-order valence-electron chi connectivity index (χ3n) is 4.17. The minimum atomic E-state index is -1.13. The minimum Gasteiger partial charge on any atom is -0.477 e. The summed E-state index contributed by atoms with van der Waals surface area (Å²) in [4.78, 5) is 28.6. The van der Waals surface area contributed by atoms with Gasteiger partial charge in [-0.25, -0.2) is 9.78 Å². The van der Waals surface area contributed by atoms with Crippen LogP contribution in [0, 0.1) is 5.41 Å². The second-order valence-corrected chi connectivity index (χ2v) is 5.48. The van der Waals surface area contributed by atoms with Crippen LogP contribution in [-0.4, -0.2) is 40.0 Å². The van der Waals surface area contributed by atoms with Crippen LogP contribution in [0.2, 0.25) is 0 Å². The van der Waals surface area contributed by atoms with Gasteiger partial charge in [0.05, 0.1) is 0 Å². The lowest BCUT2D eigenvalue weighted by Gasteiger charge is -2.30. The lowest BCUT2D eigenvalue weighted by molar-refractivity contribution is 0.0684. The zero-order chi connectivity index (χ0) is 14.2. The molecule has 0 aromatic carbocycles. The zero-order valence-corrected chi connectivity index (χ0v) is 11.4. The monoisotopic (exact) mass is 262 g/mol. The molecule has 0 bridgehead atoms. The van der Waals surface area contributed by atoms with E-state index >= 15 is 0 Å². The minimum absolute atomic E-state index is 0.107. The molecule has 1 saturated carbocycles. The van der Waals surface area contributed by atoms with Crippen LogP contribution in [0.5, 0.6) is 0 Å². The average Bonchev–Trinajstić information content (AvgIpc) is 3.15. The van der Waals surface area contributed by atoms with Crippen molar-refractivity contribution >= 4 is 11.9 Å². The SMILES string of the molecule is CC(N(C)C(=O)c1ccnc(C(=O)O)c1)C1(C)CC1. The van der Waals surface area contributed by atoms with Crippen molar-refractivity contribution in [2.75, 3.05) is 7.05 Å². The Kier molecular flexibility index (Phi) is 3.30. The Labute approximate surface area is 112 Å². The van der Waals surface area contributed by atoms with Crippen molar-refractivity contribution in [3.05, 3.63) is 29.6 Å². The third-order valence-corrected chi connectivity index (χ3v) is 4.17. The maximum absolute atomic E-state index is 12.3. The van der Waals surface area contributed by atoms with E-state index in [0.29, 0.717) is 5.56 Å². The molecule has 0 aliphatic heterocycles. The van der Waals surface area contributed by atoms with Gasteiger partial charge in [0.1, 0.15) is 5.69 Å². The summed E-state index contributed by atoms with van der Waals surface area (Å²) in [5, 5.41) is 8.89. The highest BCUT2D eigenvalue weighted by atomic mass is 16.4. The number of hydrogen-bond donors (Lipinski definition) is 1.